The fourth-order valence-electron chi connectivity index (χ4n) is 1.67. The summed E-state index contributed by atoms with van der Waals surface area (Å²) in [5.74, 6) is -7.01. The van der Waals surface area contributed by atoms with Crippen molar-refractivity contribution >= 4 is 12.0 Å². The minimum absolute atomic E-state index is 0.270. The molecule has 0 radical (unpaired) electrons. The average molecular weight is 290 g/mol. The second-order valence-corrected chi connectivity index (χ2v) is 4.03. The molecule has 1 atom stereocenters. The average Bonchev–Trinajstić information content (AvgIpc) is 2.36. The first-order chi connectivity index (χ1) is 9.21. The van der Waals surface area contributed by atoms with Crippen molar-refractivity contribution in [3.63, 3.8) is 0 Å². The molecule has 1 aromatic rings. The highest BCUT2D eigenvalue weighted by Crippen LogP contribution is 2.33. The molecule has 0 aliphatic heterocycles. The van der Waals surface area contributed by atoms with E-state index < -0.39 is 35.3 Å². The normalized spacial score (nSPS) is 12.7. The van der Waals surface area contributed by atoms with E-state index in [2.05, 4.69) is 0 Å². The van der Waals surface area contributed by atoms with Gasteiger partial charge in [0.15, 0.2) is 0 Å². The molecule has 0 aliphatic rings. The van der Waals surface area contributed by atoms with E-state index in [1.165, 1.54) is 13.0 Å². The largest absolute Gasteiger partial charge is 0.465 e. The van der Waals surface area contributed by atoms with Gasteiger partial charge in [0.05, 0.1) is 11.6 Å². The minimum Gasteiger partial charge on any atom is -0.465 e. The lowest BCUT2D eigenvalue weighted by atomic mass is 9.99. The number of hydrogen-bond acceptors (Lipinski definition) is 2. The molecule has 0 bridgehead atoms. The highest BCUT2D eigenvalue weighted by Gasteiger charge is 2.43. The van der Waals surface area contributed by atoms with Crippen molar-refractivity contribution in [2.24, 2.45) is 0 Å². The van der Waals surface area contributed by atoms with E-state index in [1.54, 1.807) is 5.32 Å². The first-order valence-electron chi connectivity index (χ1n) is 5.60. The fraction of sp³-hybridized carbons (Fsp3) is 0.333. The molecule has 3 N–H and O–H groups in total. The van der Waals surface area contributed by atoms with E-state index >= 15 is 0 Å². The van der Waals surface area contributed by atoms with Crippen molar-refractivity contribution in [3.05, 3.63) is 35.1 Å². The van der Waals surface area contributed by atoms with Crippen molar-refractivity contribution in [2.75, 3.05) is 7.05 Å². The molecular weight excluding hydrogens is 277 g/mol. The smallest absolute Gasteiger partial charge is 0.405 e. The number of carboxylic acid groups (broad SMARTS) is 1. The first kappa shape index (κ1) is 15.8. The molecule has 1 aromatic carbocycles. The van der Waals surface area contributed by atoms with Crippen molar-refractivity contribution in [2.45, 2.75) is 18.9 Å². The molecule has 5 nitrogen and oxygen atoms in total. The molecule has 0 fully saturated rings. The van der Waals surface area contributed by atoms with Gasteiger partial charge in [-0.3, -0.25) is 4.79 Å². The third-order valence-corrected chi connectivity index (χ3v) is 2.69. The van der Waals surface area contributed by atoms with E-state index in [-0.39, 0.29) is 5.56 Å². The Hall–Kier alpha value is -2.25. The number of carbonyl (C=O) groups excluding carboxylic acids is 1. The number of benzene rings is 1. The van der Waals surface area contributed by atoms with Crippen LogP contribution in [0.15, 0.2) is 18.2 Å². The van der Waals surface area contributed by atoms with Gasteiger partial charge >= 0.3 is 12.0 Å². The maximum absolute atomic E-state index is 14.1. The summed E-state index contributed by atoms with van der Waals surface area (Å²) in [5.41, 5.74) is -1.37. The summed E-state index contributed by atoms with van der Waals surface area (Å²) in [6, 6.07) is 2.04. The molecule has 0 saturated heterocycles. The second kappa shape index (κ2) is 5.81. The Morgan fingerprint density at radius 3 is 2.45 bits per heavy atom. The van der Waals surface area contributed by atoms with Gasteiger partial charge in [-0.25, -0.2) is 9.18 Å². The molecule has 8 heteroatoms. The number of likely N-dealkylation sites (N-methyl/N-ethyl adjacent to an activating group) is 1. The summed E-state index contributed by atoms with van der Waals surface area (Å²) < 4.78 is 41.5. The van der Waals surface area contributed by atoms with E-state index in [4.69, 9.17) is 5.11 Å². The van der Waals surface area contributed by atoms with Crippen LogP contribution in [-0.4, -0.2) is 24.2 Å². The van der Waals surface area contributed by atoms with Crippen LogP contribution in [0.5, 0.6) is 0 Å². The van der Waals surface area contributed by atoms with E-state index in [1.807, 2.05) is 5.32 Å². The van der Waals surface area contributed by atoms with Gasteiger partial charge in [-0.1, -0.05) is 12.1 Å². The predicted molar refractivity (Wildman–Crippen MR) is 63.9 cm³/mol. The van der Waals surface area contributed by atoms with E-state index in [0.29, 0.717) is 0 Å². The SMILES string of the molecule is CNC(=O)C(F)(F)c1cccc(C(C)NC(=O)O)c1F. The van der Waals surface area contributed by atoms with Crippen molar-refractivity contribution in [3.8, 4) is 0 Å². The van der Waals surface area contributed by atoms with Gasteiger partial charge < -0.3 is 15.7 Å². The van der Waals surface area contributed by atoms with Gasteiger partial charge in [-0.05, 0) is 13.0 Å². The Balaban J connectivity index is 3.26. The molecule has 0 aromatic heterocycles. The van der Waals surface area contributed by atoms with Gasteiger partial charge in [0.1, 0.15) is 5.82 Å². The van der Waals surface area contributed by atoms with Crippen LogP contribution in [-0.2, 0) is 10.7 Å². The van der Waals surface area contributed by atoms with Crippen LogP contribution in [0.2, 0.25) is 0 Å². The van der Waals surface area contributed by atoms with Gasteiger partial charge in [-0.2, -0.15) is 8.78 Å². The second-order valence-electron chi connectivity index (χ2n) is 4.03. The summed E-state index contributed by atoms with van der Waals surface area (Å²) in [6.07, 6.45) is -1.42. The summed E-state index contributed by atoms with van der Waals surface area (Å²) in [4.78, 5) is 21.6. The fourth-order valence-corrected chi connectivity index (χ4v) is 1.67. The van der Waals surface area contributed by atoms with Crippen molar-refractivity contribution < 1.29 is 27.9 Å². The Bertz CT molecular complexity index is 535. The summed E-state index contributed by atoms with van der Waals surface area (Å²) >= 11 is 0. The highest BCUT2D eigenvalue weighted by molar-refractivity contribution is 5.84. The van der Waals surface area contributed by atoms with Gasteiger partial charge in [0, 0.05) is 12.6 Å². The molecule has 110 valence electrons. The molecule has 1 rings (SSSR count). The van der Waals surface area contributed by atoms with Crippen molar-refractivity contribution in [1.82, 2.24) is 10.6 Å². The maximum Gasteiger partial charge on any atom is 0.405 e. The summed E-state index contributed by atoms with van der Waals surface area (Å²) in [7, 11) is 1.01. The molecule has 0 saturated carbocycles. The van der Waals surface area contributed by atoms with Gasteiger partial charge in [0.2, 0.25) is 0 Å². The van der Waals surface area contributed by atoms with Gasteiger partial charge in [0.25, 0.3) is 5.91 Å². The van der Waals surface area contributed by atoms with Crippen LogP contribution in [0.4, 0.5) is 18.0 Å². The van der Waals surface area contributed by atoms with Gasteiger partial charge in [-0.15, -0.1) is 0 Å². The van der Waals surface area contributed by atoms with Crippen LogP contribution >= 0.6 is 0 Å². The third-order valence-electron chi connectivity index (χ3n) is 2.69. The van der Waals surface area contributed by atoms with Crippen molar-refractivity contribution in [1.29, 1.82) is 0 Å². The van der Waals surface area contributed by atoms with Crippen LogP contribution < -0.4 is 10.6 Å². The number of carbonyl (C=O) groups is 2. The monoisotopic (exact) mass is 290 g/mol. The van der Waals surface area contributed by atoms with E-state index in [0.717, 1.165) is 19.2 Å². The summed E-state index contributed by atoms with van der Waals surface area (Å²) in [6.45, 7) is 1.30. The molecule has 20 heavy (non-hydrogen) atoms. The molecule has 1 unspecified atom stereocenters. The molecule has 0 spiro atoms. The van der Waals surface area contributed by atoms with Crippen LogP contribution in [0.3, 0.4) is 0 Å². The zero-order valence-corrected chi connectivity index (χ0v) is 10.7. The number of halogens is 3. The molecule has 2 amide bonds. The number of nitrogens with one attached hydrogen (secondary N) is 2. The number of amides is 2. The Morgan fingerprint density at radius 1 is 1.35 bits per heavy atom. The third kappa shape index (κ3) is 3.01. The van der Waals surface area contributed by atoms with Crippen LogP contribution in [0.25, 0.3) is 0 Å². The Labute approximate surface area is 112 Å². The molecule has 0 aliphatic carbocycles. The zero-order valence-electron chi connectivity index (χ0n) is 10.7. The lowest BCUT2D eigenvalue weighted by Crippen LogP contribution is -2.37. The Kier molecular flexibility index (Phi) is 4.59. The Morgan fingerprint density at radius 2 is 1.95 bits per heavy atom. The van der Waals surface area contributed by atoms with E-state index in [9.17, 15) is 22.8 Å². The zero-order chi connectivity index (χ0) is 15.5. The quantitative estimate of drug-likeness (QED) is 0.793. The first-order valence-corrected chi connectivity index (χ1v) is 5.60. The lowest BCUT2D eigenvalue weighted by Gasteiger charge is -2.19. The number of alkyl halides is 2. The summed E-state index contributed by atoms with van der Waals surface area (Å²) in [5, 5.41) is 12.2. The standard InChI is InChI=1S/C12H13F3N2O3/c1-6(17-11(19)20)7-4-3-5-8(9(7)13)12(14,15)10(18)16-2/h3-6,17H,1-2H3,(H,16,18)(H,19,20). The molecule has 0 heterocycles. The number of rotatable bonds is 4. The highest BCUT2D eigenvalue weighted by atomic mass is 19.3. The van der Waals surface area contributed by atoms with Crippen LogP contribution in [0.1, 0.15) is 24.1 Å². The number of hydrogen-bond donors (Lipinski definition) is 3. The van der Waals surface area contributed by atoms with Crippen LogP contribution in [0, 0.1) is 5.82 Å². The molecular formula is C12H13F3N2O3. The predicted octanol–water partition coefficient (Wildman–Crippen LogP) is 1.99. The maximum atomic E-state index is 14.1. The lowest BCUT2D eigenvalue weighted by molar-refractivity contribution is -0.146. The minimum atomic E-state index is -4.04. The topological polar surface area (TPSA) is 78.4 Å².